The maximum Gasteiger partial charge on any atom is 0.264 e. The lowest BCUT2D eigenvalue weighted by Gasteiger charge is -2.33. The lowest BCUT2D eigenvalue weighted by atomic mass is 10.1. The van der Waals surface area contributed by atoms with Gasteiger partial charge < -0.3 is 19.7 Å². The molecular weight excluding hydrogens is 561 g/mol. The first-order chi connectivity index (χ1) is 19.7. The molecule has 0 aliphatic rings. The van der Waals surface area contributed by atoms with Gasteiger partial charge in [-0.15, -0.1) is 0 Å². The topological polar surface area (TPSA) is 105 Å². The average molecular weight is 600 g/mol. The quantitative estimate of drug-likeness (QED) is 0.343. The van der Waals surface area contributed by atoms with E-state index in [-0.39, 0.29) is 22.9 Å². The van der Waals surface area contributed by atoms with Crippen molar-refractivity contribution in [1.82, 2.24) is 10.2 Å². The third kappa shape index (κ3) is 8.00. The minimum absolute atomic E-state index is 0.0330. The summed E-state index contributed by atoms with van der Waals surface area (Å²) in [6.45, 7) is 8.12. The number of nitrogens with zero attached hydrogens (tertiary/aromatic N) is 2. The number of benzene rings is 3. The molecule has 0 saturated carbocycles. The summed E-state index contributed by atoms with van der Waals surface area (Å²) in [4.78, 5) is 28.5. The molecule has 0 aliphatic carbocycles. The first-order valence-corrected chi connectivity index (χ1v) is 14.8. The Morgan fingerprint density at radius 3 is 2.12 bits per heavy atom. The Morgan fingerprint density at radius 2 is 1.57 bits per heavy atom. The molecular formula is C31H38FN3O6S. The van der Waals surface area contributed by atoms with Gasteiger partial charge in [-0.25, -0.2) is 12.8 Å². The van der Waals surface area contributed by atoms with Crippen molar-refractivity contribution in [3.05, 3.63) is 83.7 Å². The molecule has 2 amide bonds. The molecule has 0 aliphatic heterocycles. The number of hydrogen-bond donors (Lipinski definition) is 1. The van der Waals surface area contributed by atoms with Gasteiger partial charge in [0, 0.05) is 18.2 Å². The second-order valence-electron chi connectivity index (χ2n) is 10.9. The van der Waals surface area contributed by atoms with Crippen LogP contribution >= 0.6 is 0 Å². The predicted octanol–water partition coefficient (Wildman–Crippen LogP) is 4.68. The molecule has 11 heteroatoms. The van der Waals surface area contributed by atoms with E-state index in [2.05, 4.69) is 5.32 Å². The predicted molar refractivity (Wildman–Crippen MR) is 160 cm³/mol. The number of nitrogens with one attached hydrogen (secondary N) is 1. The molecule has 0 radical (unpaired) electrons. The van der Waals surface area contributed by atoms with Gasteiger partial charge in [0.2, 0.25) is 11.8 Å². The van der Waals surface area contributed by atoms with E-state index in [1.54, 1.807) is 31.2 Å². The highest BCUT2D eigenvalue weighted by Crippen LogP contribution is 2.36. The lowest BCUT2D eigenvalue weighted by Crippen LogP contribution is -2.54. The number of rotatable bonds is 11. The average Bonchev–Trinajstić information content (AvgIpc) is 2.94. The fraction of sp³-hybridized carbons (Fsp3) is 0.355. The van der Waals surface area contributed by atoms with Crippen molar-refractivity contribution < 1.29 is 31.9 Å². The summed E-state index contributed by atoms with van der Waals surface area (Å²) in [5, 5.41) is 2.87. The molecule has 0 saturated heterocycles. The lowest BCUT2D eigenvalue weighted by molar-refractivity contribution is -0.140. The third-order valence-corrected chi connectivity index (χ3v) is 8.25. The summed E-state index contributed by atoms with van der Waals surface area (Å²) in [5.41, 5.74) is 0.927. The zero-order valence-electron chi connectivity index (χ0n) is 25.0. The molecule has 42 heavy (non-hydrogen) atoms. The van der Waals surface area contributed by atoms with E-state index in [0.717, 1.165) is 9.87 Å². The Balaban J connectivity index is 2.12. The van der Waals surface area contributed by atoms with Crippen LogP contribution in [0.2, 0.25) is 0 Å². The number of sulfonamides is 1. The van der Waals surface area contributed by atoms with E-state index in [9.17, 15) is 22.4 Å². The van der Waals surface area contributed by atoms with E-state index in [4.69, 9.17) is 9.47 Å². The summed E-state index contributed by atoms with van der Waals surface area (Å²) in [6.07, 6.45) is 0. The highest BCUT2D eigenvalue weighted by molar-refractivity contribution is 7.92. The number of halogens is 1. The normalized spacial score (nSPS) is 12.3. The third-order valence-electron chi connectivity index (χ3n) is 6.47. The SMILES string of the molecule is COc1ccc(OC)c(N(CC(=O)N(Cc2ccc(F)cc2)[C@H](C)C(=O)NC(C)(C)C)S(=O)(=O)c2ccc(C)cc2)c1. The summed E-state index contributed by atoms with van der Waals surface area (Å²) < 4.78 is 53.6. The molecule has 0 unspecified atom stereocenters. The van der Waals surface area contributed by atoms with Gasteiger partial charge in [-0.05, 0) is 76.6 Å². The van der Waals surface area contributed by atoms with Crippen molar-refractivity contribution in [3.8, 4) is 11.5 Å². The summed E-state index contributed by atoms with van der Waals surface area (Å²) >= 11 is 0. The fourth-order valence-electron chi connectivity index (χ4n) is 4.19. The Labute approximate surface area is 247 Å². The maximum atomic E-state index is 14.1. The minimum atomic E-state index is -4.31. The number of carbonyl (C=O) groups is 2. The number of hydrogen-bond acceptors (Lipinski definition) is 6. The van der Waals surface area contributed by atoms with E-state index >= 15 is 0 Å². The van der Waals surface area contributed by atoms with Gasteiger partial charge in [0.1, 0.15) is 29.9 Å². The van der Waals surface area contributed by atoms with Gasteiger partial charge in [0.05, 0.1) is 24.8 Å². The largest absolute Gasteiger partial charge is 0.497 e. The van der Waals surface area contributed by atoms with Crippen LogP contribution in [-0.4, -0.2) is 57.5 Å². The van der Waals surface area contributed by atoms with Crippen LogP contribution in [0.3, 0.4) is 0 Å². The molecule has 1 N–H and O–H groups in total. The van der Waals surface area contributed by atoms with Crippen molar-refractivity contribution >= 4 is 27.5 Å². The number of methoxy groups -OCH3 is 2. The molecule has 226 valence electrons. The molecule has 0 bridgehead atoms. The van der Waals surface area contributed by atoms with Crippen LogP contribution in [0.5, 0.6) is 11.5 Å². The van der Waals surface area contributed by atoms with Crippen LogP contribution in [0.15, 0.2) is 71.6 Å². The van der Waals surface area contributed by atoms with Crippen LogP contribution in [0.25, 0.3) is 0 Å². The van der Waals surface area contributed by atoms with E-state index in [1.165, 1.54) is 61.6 Å². The minimum Gasteiger partial charge on any atom is -0.497 e. The molecule has 9 nitrogen and oxygen atoms in total. The van der Waals surface area contributed by atoms with Gasteiger partial charge in [0.25, 0.3) is 10.0 Å². The van der Waals surface area contributed by atoms with Crippen LogP contribution in [0.4, 0.5) is 10.1 Å². The molecule has 1 atom stereocenters. The van der Waals surface area contributed by atoms with Crippen molar-refractivity contribution in [1.29, 1.82) is 0 Å². The van der Waals surface area contributed by atoms with Gasteiger partial charge in [-0.2, -0.15) is 0 Å². The van der Waals surface area contributed by atoms with Crippen LogP contribution in [0.1, 0.15) is 38.8 Å². The van der Waals surface area contributed by atoms with E-state index in [0.29, 0.717) is 11.3 Å². The molecule has 3 aromatic rings. The number of carbonyl (C=O) groups excluding carboxylic acids is 2. The molecule has 3 aromatic carbocycles. The first-order valence-electron chi connectivity index (χ1n) is 13.3. The van der Waals surface area contributed by atoms with Gasteiger partial charge in [-0.1, -0.05) is 29.8 Å². The molecule has 0 spiro atoms. The zero-order valence-corrected chi connectivity index (χ0v) is 25.8. The monoisotopic (exact) mass is 599 g/mol. The number of ether oxygens (including phenoxy) is 2. The van der Waals surface area contributed by atoms with Crippen LogP contribution in [-0.2, 0) is 26.2 Å². The Bertz CT molecular complexity index is 1500. The summed E-state index contributed by atoms with van der Waals surface area (Å²) in [6, 6.07) is 15.4. The highest BCUT2D eigenvalue weighted by Gasteiger charge is 2.34. The Hall–Kier alpha value is -4.12. The first kappa shape index (κ1) is 32.4. The molecule has 0 fully saturated rings. The smallest absolute Gasteiger partial charge is 0.264 e. The van der Waals surface area contributed by atoms with Crippen LogP contribution < -0.4 is 19.1 Å². The Kier molecular flexibility index (Phi) is 10.2. The van der Waals surface area contributed by atoms with E-state index < -0.39 is 45.8 Å². The number of aryl methyl sites for hydroxylation is 1. The van der Waals surface area contributed by atoms with Gasteiger partial charge in [-0.3, -0.25) is 13.9 Å². The molecule has 0 aromatic heterocycles. The standard InChI is InChI=1S/C31H38FN3O6S/c1-21-8-15-26(16-9-21)42(38,39)35(27-18-25(40-6)14-17-28(27)41-7)20-29(36)34(19-23-10-12-24(32)13-11-23)22(2)30(37)33-31(3,4)5/h8-18,22H,19-20H2,1-7H3,(H,33,37)/t22-/m1/s1. The van der Waals surface area contributed by atoms with Crippen LogP contribution in [0, 0.1) is 12.7 Å². The molecule has 3 rings (SSSR count). The van der Waals surface area contributed by atoms with E-state index in [1.807, 2.05) is 27.7 Å². The van der Waals surface area contributed by atoms with Crippen molar-refractivity contribution in [2.45, 2.75) is 57.6 Å². The summed E-state index contributed by atoms with van der Waals surface area (Å²) in [5.74, 6) is -0.983. The van der Waals surface area contributed by atoms with Gasteiger partial charge >= 0.3 is 0 Å². The van der Waals surface area contributed by atoms with Crippen molar-refractivity contribution in [2.75, 3.05) is 25.1 Å². The fourth-order valence-corrected chi connectivity index (χ4v) is 5.60. The Morgan fingerprint density at radius 1 is 0.952 bits per heavy atom. The maximum absolute atomic E-state index is 14.1. The van der Waals surface area contributed by atoms with Crippen molar-refractivity contribution in [2.24, 2.45) is 0 Å². The number of anilines is 1. The number of amides is 2. The second-order valence-corrected chi connectivity index (χ2v) is 12.8. The molecule has 0 heterocycles. The highest BCUT2D eigenvalue weighted by atomic mass is 32.2. The second kappa shape index (κ2) is 13.2. The van der Waals surface area contributed by atoms with Crippen molar-refractivity contribution in [3.63, 3.8) is 0 Å². The van der Waals surface area contributed by atoms with Gasteiger partial charge in [0.15, 0.2) is 0 Å². The summed E-state index contributed by atoms with van der Waals surface area (Å²) in [7, 11) is -1.48. The zero-order chi connectivity index (χ0) is 31.2.